The lowest BCUT2D eigenvalue weighted by Gasteiger charge is -2.13. The summed E-state index contributed by atoms with van der Waals surface area (Å²) >= 11 is 5.83. The summed E-state index contributed by atoms with van der Waals surface area (Å²) in [5.41, 5.74) is 0.531. The minimum absolute atomic E-state index is 0.247. The number of hydrogen-bond acceptors (Lipinski definition) is 3. The predicted molar refractivity (Wildman–Crippen MR) is 63.1 cm³/mol. The maximum Gasteiger partial charge on any atom is 0.253 e. The molecule has 0 bridgehead atoms. The number of hydrogen-bond donors (Lipinski definition) is 1. The van der Waals surface area contributed by atoms with E-state index in [2.05, 4.69) is 5.32 Å². The maximum absolute atomic E-state index is 11.6. The van der Waals surface area contributed by atoms with E-state index in [1.807, 2.05) is 0 Å². The fourth-order valence-electron chi connectivity index (χ4n) is 1.12. The zero-order valence-corrected chi connectivity index (χ0v) is 10.2. The molecule has 0 heterocycles. The average Bonchev–Trinajstić information content (AvgIpc) is 2.28. The van der Waals surface area contributed by atoms with E-state index in [1.54, 1.807) is 25.1 Å². The van der Waals surface area contributed by atoms with Crippen molar-refractivity contribution in [3.05, 3.63) is 23.2 Å². The molecule has 4 nitrogen and oxygen atoms in total. The van der Waals surface area contributed by atoms with Crippen LogP contribution in [-0.2, 0) is 9.53 Å². The predicted octanol–water partition coefficient (Wildman–Crippen LogP) is 2.32. The van der Waals surface area contributed by atoms with E-state index in [1.165, 1.54) is 14.2 Å². The van der Waals surface area contributed by atoms with Crippen molar-refractivity contribution in [2.24, 2.45) is 0 Å². The van der Waals surface area contributed by atoms with Gasteiger partial charge >= 0.3 is 0 Å². The molecule has 0 radical (unpaired) electrons. The second kappa shape index (κ2) is 5.72. The van der Waals surface area contributed by atoms with Gasteiger partial charge in [-0.3, -0.25) is 4.79 Å². The minimum atomic E-state index is -0.524. The Kier molecular flexibility index (Phi) is 4.58. The molecule has 0 fully saturated rings. The van der Waals surface area contributed by atoms with Gasteiger partial charge in [-0.2, -0.15) is 0 Å². The maximum atomic E-state index is 11.6. The number of benzene rings is 1. The Hall–Kier alpha value is -1.26. The highest BCUT2D eigenvalue weighted by Gasteiger charge is 2.14. The van der Waals surface area contributed by atoms with Crippen LogP contribution in [0.1, 0.15) is 6.92 Å². The lowest BCUT2D eigenvalue weighted by atomic mass is 10.2. The van der Waals surface area contributed by atoms with E-state index in [9.17, 15) is 4.79 Å². The summed E-state index contributed by atoms with van der Waals surface area (Å²) in [5, 5.41) is 3.21. The fourth-order valence-corrected chi connectivity index (χ4v) is 1.29. The van der Waals surface area contributed by atoms with Crippen LogP contribution in [0, 0.1) is 0 Å². The van der Waals surface area contributed by atoms with E-state index in [0.717, 1.165) is 0 Å². The molecular formula is C11H14ClNO3. The number of ether oxygens (including phenoxy) is 2. The average molecular weight is 244 g/mol. The normalized spacial score (nSPS) is 12.0. The summed E-state index contributed by atoms with van der Waals surface area (Å²) in [6.45, 7) is 1.66. The van der Waals surface area contributed by atoms with Gasteiger partial charge in [0.25, 0.3) is 5.91 Å². The van der Waals surface area contributed by atoms with Gasteiger partial charge in [0.05, 0.1) is 12.8 Å². The number of carbonyl (C=O) groups excluding carboxylic acids is 1. The summed E-state index contributed by atoms with van der Waals surface area (Å²) in [4.78, 5) is 11.6. The van der Waals surface area contributed by atoms with Gasteiger partial charge in [-0.15, -0.1) is 0 Å². The van der Waals surface area contributed by atoms with Gasteiger partial charge in [0.1, 0.15) is 11.9 Å². The summed E-state index contributed by atoms with van der Waals surface area (Å²) in [5.74, 6) is 0.309. The number of nitrogens with one attached hydrogen (secondary N) is 1. The van der Waals surface area contributed by atoms with Crippen molar-refractivity contribution < 1.29 is 14.3 Å². The molecule has 5 heteroatoms. The van der Waals surface area contributed by atoms with Crippen LogP contribution in [0.5, 0.6) is 5.75 Å². The first kappa shape index (κ1) is 12.8. The van der Waals surface area contributed by atoms with Crippen molar-refractivity contribution in [1.29, 1.82) is 0 Å². The molecule has 0 aliphatic carbocycles. The third-order valence-corrected chi connectivity index (χ3v) is 2.38. The lowest BCUT2D eigenvalue weighted by Crippen LogP contribution is -2.26. The van der Waals surface area contributed by atoms with Crippen molar-refractivity contribution in [1.82, 2.24) is 0 Å². The molecule has 1 amide bonds. The van der Waals surface area contributed by atoms with E-state index in [4.69, 9.17) is 21.1 Å². The van der Waals surface area contributed by atoms with Crippen LogP contribution < -0.4 is 10.1 Å². The second-order valence-corrected chi connectivity index (χ2v) is 3.65. The van der Waals surface area contributed by atoms with Gasteiger partial charge in [0, 0.05) is 12.1 Å². The monoisotopic (exact) mass is 243 g/mol. The lowest BCUT2D eigenvalue weighted by molar-refractivity contribution is -0.124. The summed E-state index contributed by atoms with van der Waals surface area (Å²) < 4.78 is 10.0. The highest BCUT2D eigenvalue weighted by molar-refractivity contribution is 6.31. The molecule has 1 aromatic carbocycles. The molecule has 88 valence electrons. The number of halogens is 1. The molecule has 1 unspecified atom stereocenters. The molecular weight excluding hydrogens is 230 g/mol. The van der Waals surface area contributed by atoms with E-state index in [-0.39, 0.29) is 5.91 Å². The van der Waals surface area contributed by atoms with Crippen molar-refractivity contribution in [3.8, 4) is 5.75 Å². The van der Waals surface area contributed by atoms with Gasteiger partial charge in [-0.05, 0) is 25.1 Å². The fraction of sp³-hybridized carbons (Fsp3) is 0.364. The molecule has 0 aliphatic heterocycles. The summed E-state index contributed by atoms with van der Waals surface area (Å²) in [6, 6.07) is 5.01. The van der Waals surface area contributed by atoms with Gasteiger partial charge in [0.2, 0.25) is 0 Å². The SMILES string of the molecule is COc1ccc(Cl)cc1NC(=O)C(C)OC. The van der Waals surface area contributed by atoms with Crippen molar-refractivity contribution >= 4 is 23.2 Å². The quantitative estimate of drug-likeness (QED) is 0.883. The Bertz CT molecular complexity index is 381. The molecule has 1 N–H and O–H groups in total. The molecule has 0 aliphatic rings. The van der Waals surface area contributed by atoms with E-state index >= 15 is 0 Å². The van der Waals surface area contributed by atoms with Crippen molar-refractivity contribution in [3.63, 3.8) is 0 Å². The highest BCUT2D eigenvalue weighted by Crippen LogP contribution is 2.27. The van der Waals surface area contributed by atoms with Crippen LogP contribution in [0.15, 0.2) is 18.2 Å². The van der Waals surface area contributed by atoms with Crippen LogP contribution in [0.25, 0.3) is 0 Å². The molecule has 1 aromatic rings. The number of methoxy groups -OCH3 is 2. The Morgan fingerprint density at radius 1 is 1.44 bits per heavy atom. The van der Waals surface area contributed by atoms with Crippen LogP contribution in [-0.4, -0.2) is 26.2 Å². The number of carbonyl (C=O) groups is 1. The molecule has 0 saturated heterocycles. The zero-order valence-electron chi connectivity index (χ0n) is 9.41. The van der Waals surface area contributed by atoms with Crippen LogP contribution in [0.4, 0.5) is 5.69 Å². The van der Waals surface area contributed by atoms with Gasteiger partial charge in [-0.25, -0.2) is 0 Å². The van der Waals surface area contributed by atoms with Gasteiger partial charge in [0.15, 0.2) is 0 Å². The first-order valence-corrected chi connectivity index (χ1v) is 5.13. The summed E-state index contributed by atoms with van der Waals surface area (Å²) in [6.07, 6.45) is -0.524. The largest absolute Gasteiger partial charge is 0.495 e. The third-order valence-electron chi connectivity index (χ3n) is 2.14. The summed E-state index contributed by atoms with van der Waals surface area (Å²) in [7, 11) is 3.00. The van der Waals surface area contributed by atoms with E-state index in [0.29, 0.717) is 16.5 Å². The molecule has 1 rings (SSSR count). The first-order valence-electron chi connectivity index (χ1n) is 4.75. The molecule has 0 aromatic heterocycles. The molecule has 0 spiro atoms. The highest BCUT2D eigenvalue weighted by atomic mass is 35.5. The molecule has 16 heavy (non-hydrogen) atoms. The van der Waals surface area contributed by atoms with Gasteiger partial charge < -0.3 is 14.8 Å². The van der Waals surface area contributed by atoms with Gasteiger partial charge in [-0.1, -0.05) is 11.6 Å². The van der Waals surface area contributed by atoms with E-state index < -0.39 is 6.10 Å². The minimum Gasteiger partial charge on any atom is -0.495 e. The van der Waals surface area contributed by atoms with Crippen LogP contribution in [0.3, 0.4) is 0 Å². The third kappa shape index (κ3) is 3.12. The second-order valence-electron chi connectivity index (χ2n) is 3.21. The van der Waals surface area contributed by atoms with Crippen LogP contribution in [0.2, 0.25) is 5.02 Å². The van der Waals surface area contributed by atoms with Crippen molar-refractivity contribution in [2.75, 3.05) is 19.5 Å². The number of rotatable bonds is 4. The first-order chi connectivity index (χ1) is 7.58. The smallest absolute Gasteiger partial charge is 0.253 e. The molecule has 0 saturated carbocycles. The number of amides is 1. The van der Waals surface area contributed by atoms with Crippen molar-refractivity contribution in [2.45, 2.75) is 13.0 Å². The zero-order chi connectivity index (χ0) is 12.1. The topological polar surface area (TPSA) is 47.6 Å². The standard InChI is InChI=1S/C11H14ClNO3/c1-7(15-2)11(14)13-9-6-8(12)4-5-10(9)16-3/h4-7H,1-3H3,(H,13,14). The Balaban J connectivity index is 2.87. The Morgan fingerprint density at radius 2 is 2.12 bits per heavy atom. The Morgan fingerprint density at radius 3 is 2.69 bits per heavy atom. The molecule has 1 atom stereocenters. The Labute approximate surface area is 99.5 Å². The van der Waals surface area contributed by atoms with Crippen LogP contribution >= 0.6 is 11.6 Å². The number of anilines is 1.